The van der Waals surface area contributed by atoms with Gasteiger partial charge in [0, 0.05) is 24.5 Å². The van der Waals surface area contributed by atoms with Crippen LogP contribution in [0.4, 0.5) is 5.69 Å². The molecule has 3 heteroatoms. The number of amides is 1. The van der Waals surface area contributed by atoms with Gasteiger partial charge in [-0.25, -0.2) is 0 Å². The average molecular weight is 296 g/mol. The largest absolute Gasteiger partial charge is 0.326 e. The normalized spacial score (nSPS) is 12.2. The minimum Gasteiger partial charge on any atom is -0.326 e. The molecule has 0 aliphatic rings. The number of rotatable bonds is 5. The number of hydrogen-bond donors (Lipinski definition) is 1. The maximum atomic E-state index is 12.4. The smallest absolute Gasteiger partial charge is 0.224 e. The molecule has 0 spiro atoms. The Bertz CT molecular complexity index is 635. The van der Waals surface area contributed by atoms with Gasteiger partial charge in [0.1, 0.15) is 0 Å². The van der Waals surface area contributed by atoms with Gasteiger partial charge in [0.15, 0.2) is 0 Å². The van der Waals surface area contributed by atoms with Crippen LogP contribution in [0.5, 0.6) is 0 Å². The van der Waals surface area contributed by atoms with Crippen molar-refractivity contribution in [3.8, 4) is 0 Å². The van der Waals surface area contributed by atoms with Crippen LogP contribution in [0.1, 0.15) is 55.7 Å². The van der Waals surface area contributed by atoms with Crippen molar-refractivity contribution in [2.24, 2.45) is 0 Å². The van der Waals surface area contributed by atoms with Gasteiger partial charge in [-0.1, -0.05) is 45.0 Å². The lowest BCUT2D eigenvalue weighted by molar-refractivity contribution is -0.116. The van der Waals surface area contributed by atoms with Gasteiger partial charge in [-0.2, -0.15) is 0 Å². The maximum absolute atomic E-state index is 12.4. The molecule has 0 bridgehead atoms. The van der Waals surface area contributed by atoms with Crippen LogP contribution in [0.2, 0.25) is 0 Å². The molecule has 1 N–H and O–H groups in total. The predicted octanol–water partition coefficient (Wildman–Crippen LogP) is 4.65. The summed E-state index contributed by atoms with van der Waals surface area (Å²) in [4.78, 5) is 16.5. The Morgan fingerprint density at radius 3 is 2.59 bits per heavy atom. The molecule has 1 unspecified atom stereocenters. The Morgan fingerprint density at radius 1 is 1.18 bits per heavy atom. The Labute approximate surface area is 132 Å². The highest BCUT2D eigenvalue weighted by Crippen LogP contribution is 2.28. The molecule has 1 amide bonds. The molecule has 1 aromatic heterocycles. The van der Waals surface area contributed by atoms with Crippen molar-refractivity contribution >= 4 is 11.6 Å². The van der Waals surface area contributed by atoms with Gasteiger partial charge in [0.25, 0.3) is 0 Å². The Balaban J connectivity index is 2.10. The molecule has 2 rings (SSSR count). The Morgan fingerprint density at radius 2 is 1.95 bits per heavy atom. The molecule has 0 aliphatic carbocycles. The fourth-order valence-corrected chi connectivity index (χ4v) is 2.60. The van der Waals surface area contributed by atoms with Gasteiger partial charge in [-0.05, 0) is 41.5 Å². The van der Waals surface area contributed by atoms with Crippen LogP contribution in [0.25, 0.3) is 0 Å². The third-order valence-corrected chi connectivity index (χ3v) is 3.94. The van der Waals surface area contributed by atoms with Gasteiger partial charge < -0.3 is 5.32 Å². The van der Waals surface area contributed by atoms with E-state index < -0.39 is 0 Å². The summed E-state index contributed by atoms with van der Waals surface area (Å²) in [6.45, 7) is 8.37. The predicted molar refractivity (Wildman–Crippen MR) is 91.2 cm³/mol. The second-order valence-electron chi connectivity index (χ2n) is 6.13. The Hall–Kier alpha value is -2.16. The number of benzene rings is 1. The lowest BCUT2D eigenvalue weighted by Crippen LogP contribution is -2.16. The first kappa shape index (κ1) is 16.2. The van der Waals surface area contributed by atoms with Crippen molar-refractivity contribution < 1.29 is 4.79 Å². The van der Waals surface area contributed by atoms with E-state index in [0.717, 1.165) is 16.8 Å². The third-order valence-electron chi connectivity index (χ3n) is 3.94. The summed E-state index contributed by atoms with van der Waals surface area (Å²) in [5.74, 6) is 0.582. The maximum Gasteiger partial charge on any atom is 0.224 e. The van der Waals surface area contributed by atoms with Crippen molar-refractivity contribution in [3.05, 3.63) is 59.4 Å². The molecule has 1 aromatic carbocycles. The number of carbonyl (C=O) groups excluding carboxylic acids is 1. The van der Waals surface area contributed by atoms with Crippen LogP contribution in [0, 0.1) is 6.92 Å². The van der Waals surface area contributed by atoms with E-state index in [2.05, 4.69) is 37.1 Å². The van der Waals surface area contributed by atoms with E-state index in [1.165, 1.54) is 5.56 Å². The van der Waals surface area contributed by atoms with E-state index in [9.17, 15) is 4.79 Å². The molecule has 22 heavy (non-hydrogen) atoms. The molecule has 116 valence electrons. The highest BCUT2D eigenvalue weighted by Gasteiger charge is 2.15. The van der Waals surface area contributed by atoms with Gasteiger partial charge >= 0.3 is 0 Å². The summed E-state index contributed by atoms with van der Waals surface area (Å²) in [7, 11) is 0. The minimum absolute atomic E-state index is 0.0487. The van der Waals surface area contributed by atoms with E-state index in [0.29, 0.717) is 12.3 Å². The first-order valence-corrected chi connectivity index (χ1v) is 7.78. The SMILES string of the molecule is Cc1cccc(C(C)C)c1NC(=O)CC(C)c1cccnc1. The van der Waals surface area contributed by atoms with E-state index in [1.807, 2.05) is 37.4 Å². The zero-order chi connectivity index (χ0) is 16.1. The number of hydrogen-bond acceptors (Lipinski definition) is 2. The summed E-state index contributed by atoms with van der Waals surface area (Å²) < 4.78 is 0. The molecule has 0 fully saturated rings. The van der Waals surface area contributed by atoms with Gasteiger partial charge in [-0.3, -0.25) is 9.78 Å². The van der Waals surface area contributed by atoms with Crippen molar-refractivity contribution in [1.29, 1.82) is 0 Å². The molecule has 0 saturated heterocycles. The number of pyridine rings is 1. The van der Waals surface area contributed by atoms with E-state index >= 15 is 0 Å². The molecule has 0 radical (unpaired) electrons. The number of nitrogens with one attached hydrogen (secondary N) is 1. The number of nitrogens with zero attached hydrogens (tertiary/aromatic N) is 1. The number of carbonyl (C=O) groups is 1. The molecule has 0 aliphatic heterocycles. The topological polar surface area (TPSA) is 42.0 Å². The fourth-order valence-electron chi connectivity index (χ4n) is 2.60. The van der Waals surface area contributed by atoms with Crippen LogP contribution >= 0.6 is 0 Å². The van der Waals surface area contributed by atoms with Crippen LogP contribution in [-0.4, -0.2) is 10.9 Å². The minimum atomic E-state index is 0.0487. The highest BCUT2D eigenvalue weighted by molar-refractivity contribution is 5.93. The molecule has 2 aromatic rings. The van der Waals surface area contributed by atoms with Crippen LogP contribution in [0.3, 0.4) is 0 Å². The Kier molecular flexibility index (Phi) is 5.31. The van der Waals surface area contributed by atoms with E-state index in [4.69, 9.17) is 0 Å². The van der Waals surface area contributed by atoms with Crippen LogP contribution in [-0.2, 0) is 4.79 Å². The number of para-hydroxylation sites is 1. The van der Waals surface area contributed by atoms with Crippen molar-refractivity contribution in [2.75, 3.05) is 5.32 Å². The van der Waals surface area contributed by atoms with Gasteiger partial charge in [0.05, 0.1) is 0 Å². The van der Waals surface area contributed by atoms with Crippen LogP contribution < -0.4 is 5.32 Å². The van der Waals surface area contributed by atoms with Crippen molar-refractivity contribution in [3.63, 3.8) is 0 Å². The molecular weight excluding hydrogens is 272 g/mol. The fraction of sp³-hybridized carbons (Fsp3) is 0.368. The molecule has 1 heterocycles. The van der Waals surface area contributed by atoms with Crippen LogP contribution in [0.15, 0.2) is 42.7 Å². The monoisotopic (exact) mass is 296 g/mol. The number of aromatic nitrogens is 1. The summed E-state index contributed by atoms with van der Waals surface area (Å²) in [6.07, 6.45) is 4.03. The van der Waals surface area contributed by atoms with Gasteiger partial charge in [0.2, 0.25) is 5.91 Å². The number of anilines is 1. The first-order chi connectivity index (χ1) is 10.5. The van der Waals surface area contributed by atoms with E-state index in [1.54, 1.807) is 6.20 Å². The second kappa shape index (κ2) is 7.21. The average Bonchev–Trinajstić information content (AvgIpc) is 2.49. The van der Waals surface area contributed by atoms with Crippen molar-refractivity contribution in [1.82, 2.24) is 4.98 Å². The zero-order valence-electron chi connectivity index (χ0n) is 13.8. The lowest BCUT2D eigenvalue weighted by atomic mass is 9.96. The highest BCUT2D eigenvalue weighted by atomic mass is 16.1. The quantitative estimate of drug-likeness (QED) is 0.873. The lowest BCUT2D eigenvalue weighted by Gasteiger charge is -2.18. The summed E-state index contributed by atoms with van der Waals surface area (Å²) in [6, 6.07) is 10.1. The summed E-state index contributed by atoms with van der Waals surface area (Å²) in [5.41, 5.74) is 4.34. The van der Waals surface area contributed by atoms with Crippen molar-refractivity contribution in [2.45, 2.75) is 46.0 Å². The molecule has 1 atom stereocenters. The van der Waals surface area contributed by atoms with E-state index in [-0.39, 0.29) is 11.8 Å². The second-order valence-corrected chi connectivity index (χ2v) is 6.13. The number of aryl methyl sites for hydroxylation is 1. The zero-order valence-corrected chi connectivity index (χ0v) is 13.8. The molecule has 3 nitrogen and oxygen atoms in total. The molecule has 0 saturated carbocycles. The molecular formula is C19H24N2O. The summed E-state index contributed by atoms with van der Waals surface area (Å²) >= 11 is 0. The summed E-state index contributed by atoms with van der Waals surface area (Å²) in [5, 5.41) is 3.10. The standard InChI is InChI=1S/C19H24N2O/c1-13(2)17-9-5-7-14(3)19(17)21-18(22)11-15(4)16-8-6-10-20-12-16/h5-10,12-13,15H,11H2,1-4H3,(H,21,22). The third kappa shape index (κ3) is 3.94. The van der Waals surface area contributed by atoms with Gasteiger partial charge in [-0.15, -0.1) is 0 Å². The first-order valence-electron chi connectivity index (χ1n) is 7.78.